The molecule has 130 valence electrons. The molecule has 23 heavy (non-hydrogen) atoms. The summed E-state index contributed by atoms with van der Waals surface area (Å²) < 4.78 is 4.91. The number of esters is 1. The van der Waals surface area contributed by atoms with E-state index in [0.29, 0.717) is 18.8 Å². The van der Waals surface area contributed by atoms with Gasteiger partial charge in [0, 0.05) is 5.75 Å². The molecule has 0 radical (unpaired) electrons. The van der Waals surface area contributed by atoms with Gasteiger partial charge in [0.25, 0.3) is 0 Å². The van der Waals surface area contributed by atoms with Crippen molar-refractivity contribution in [1.82, 2.24) is 0 Å². The molecule has 1 rings (SSSR count). The van der Waals surface area contributed by atoms with E-state index in [1.807, 2.05) is 6.92 Å². The van der Waals surface area contributed by atoms with Gasteiger partial charge in [-0.05, 0) is 49.0 Å². The number of carbonyl (C=O) groups is 1. The van der Waals surface area contributed by atoms with E-state index in [-0.39, 0.29) is 11.4 Å². The molecule has 0 saturated heterocycles. The summed E-state index contributed by atoms with van der Waals surface area (Å²) in [6.45, 7) is 10.7. The second kappa shape index (κ2) is 9.21. The predicted molar refractivity (Wildman–Crippen MR) is 98.4 cm³/mol. The van der Waals surface area contributed by atoms with Crippen LogP contribution < -0.4 is 0 Å². The third kappa shape index (κ3) is 6.86. The van der Waals surface area contributed by atoms with Gasteiger partial charge in [0.15, 0.2) is 0 Å². The van der Waals surface area contributed by atoms with Gasteiger partial charge in [-0.2, -0.15) is 11.8 Å². The first-order valence-corrected chi connectivity index (χ1v) is 9.47. The van der Waals surface area contributed by atoms with Crippen LogP contribution in [0.3, 0.4) is 0 Å². The Labute approximate surface area is 144 Å². The molecule has 0 atom stereocenters. The summed E-state index contributed by atoms with van der Waals surface area (Å²) in [6.07, 6.45) is 2.33. The quantitative estimate of drug-likeness (QED) is 0.555. The van der Waals surface area contributed by atoms with Crippen LogP contribution in [0.15, 0.2) is 12.1 Å². The zero-order valence-corrected chi connectivity index (χ0v) is 15.9. The fourth-order valence-corrected chi connectivity index (χ4v) is 3.34. The van der Waals surface area contributed by atoms with Crippen molar-refractivity contribution in [2.24, 2.45) is 0 Å². The Kier molecular flexibility index (Phi) is 7.97. The maximum absolute atomic E-state index is 11.2. The summed E-state index contributed by atoms with van der Waals surface area (Å²) >= 11 is 1.76. The lowest BCUT2D eigenvalue weighted by atomic mass is 9.83. The van der Waals surface area contributed by atoms with Crippen LogP contribution in [0.5, 0.6) is 5.75 Å². The van der Waals surface area contributed by atoms with Gasteiger partial charge in [0.05, 0.1) is 13.0 Å². The zero-order valence-electron chi connectivity index (χ0n) is 15.1. The van der Waals surface area contributed by atoms with Crippen LogP contribution in [-0.2, 0) is 21.4 Å². The van der Waals surface area contributed by atoms with Gasteiger partial charge < -0.3 is 9.84 Å². The first-order valence-electron chi connectivity index (χ1n) is 8.32. The van der Waals surface area contributed by atoms with E-state index in [9.17, 15) is 9.90 Å². The van der Waals surface area contributed by atoms with Gasteiger partial charge in [-0.15, -0.1) is 0 Å². The lowest BCUT2D eigenvalue weighted by molar-refractivity contribution is -0.142. The van der Waals surface area contributed by atoms with E-state index in [1.54, 1.807) is 11.8 Å². The van der Waals surface area contributed by atoms with Crippen molar-refractivity contribution in [1.29, 1.82) is 0 Å². The van der Waals surface area contributed by atoms with Crippen molar-refractivity contribution in [3.05, 3.63) is 28.8 Å². The number of phenols is 1. The molecule has 0 aliphatic heterocycles. The van der Waals surface area contributed by atoms with Crippen LogP contribution in [0.4, 0.5) is 0 Å². The third-order valence-electron chi connectivity index (χ3n) is 3.63. The van der Waals surface area contributed by atoms with Gasteiger partial charge in [-0.3, -0.25) is 4.79 Å². The smallest absolute Gasteiger partial charge is 0.306 e. The highest BCUT2D eigenvalue weighted by Gasteiger charge is 2.20. The predicted octanol–water partition coefficient (Wildman–Crippen LogP) is 4.62. The van der Waals surface area contributed by atoms with Crippen molar-refractivity contribution in [2.45, 2.75) is 59.3 Å². The average molecular weight is 339 g/mol. The van der Waals surface area contributed by atoms with E-state index in [4.69, 9.17) is 4.74 Å². The summed E-state index contributed by atoms with van der Waals surface area (Å²) in [5, 5.41) is 10.5. The van der Waals surface area contributed by atoms with Crippen LogP contribution in [0.1, 0.15) is 57.2 Å². The second-order valence-corrected chi connectivity index (χ2v) is 8.07. The molecule has 0 spiro atoms. The molecule has 0 bridgehead atoms. The minimum Gasteiger partial charge on any atom is -0.507 e. The molecular formula is C19H30O3S. The van der Waals surface area contributed by atoms with Crippen molar-refractivity contribution >= 4 is 17.7 Å². The van der Waals surface area contributed by atoms with Crippen molar-refractivity contribution < 1.29 is 14.6 Å². The molecule has 1 aromatic carbocycles. The molecular weight excluding hydrogens is 308 g/mol. The molecule has 0 fully saturated rings. The number of thioether (sulfide) groups is 1. The molecule has 3 nitrogen and oxygen atoms in total. The first kappa shape index (κ1) is 19.9. The van der Waals surface area contributed by atoms with Gasteiger partial charge in [-0.1, -0.05) is 38.5 Å². The minimum absolute atomic E-state index is 0.0563. The molecule has 0 heterocycles. The van der Waals surface area contributed by atoms with Crippen molar-refractivity contribution in [2.75, 3.05) is 18.1 Å². The van der Waals surface area contributed by atoms with E-state index in [2.05, 4.69) is 39.8 Å². The summed E-state index contributed by atoms with van der Waals surface area (Å²) in [5.41, 5.74) is 3.18. The van der Waals surface area contributed by atoms with Crippen LogP contribution in [0.2, 0.25) is 0 Å². The average Bonchev–Trinajstić information content (AvgIpc) is 2.44. The monoisotopic (exact) mass is 338 g/mol. The van der Waals surface area contributed by atoms with Gasteiger partial charge in [-0.25, -0.2) is 0 Å². The summed E-state index contributed by atoms with van der Waals surface area (Å²) in [4.78, 5) is 11.2. The van der Waals surface area contributed by atoms with Gasteiger partial charge in [0.2, 0.25) is 0 Å². The summed E-state index contributed by atoms with van der Waals surface area (Å²) in [5.74, 6) is 2.11. The highest BCUT2D eigenvalue weighted by Crippen LogP contribution is 2.35. The lowest BCUT2D eigenvalue weighted by Gasteiger charge is -2.23. The normalized spacial score (nSPS) is 11.5. The van der Waals surface area contributed by atoms with Gasteiger partial charge >= 0.3 is 5.97 Å². The number of rotatable bonds is 8. The zero-order chi connectivity index (χ0) is 17.5. The van der Waals surface area contributed by atoms with Crippen LogP contribution >= 0.6 is 11.8 Å². The molecule has 0 aliphatic rings. The molecule has 1 N–H and O–H groups in total. The summed E-state index contributed by atoms with van der Waals surface area (Å²) in [6, 6.07) is 4.15. The van der Waals surface area contributed by atoms with E-state index >= 15 is 0 Å². The minimum atomic E-state index is -0.119. The number of hydrogen-bond acceptors (Lipinski definition) is 4. The van der Waals surface area contributed by atoms with Crippen LogP contribution in [-0.4, -0.2) is 29.2 Å². The number of ether oxygens (including phenoxy) is 1. The number of hydrogen-bond donors (Lipinski definition) is 1. The number of carbonyl (C=O) groups excluding carboxylic acids is 1. The topological polar surface area (TPSA) is 46.5 Å². The van der Waals surface area contributed by atoms with E-state index in [1.165, 1.54) is 5.56 Å². The van der Waals surface area contributed by atoms with Crippen LogP contribution in [0, 0.1) is 6.92 Å². The lowest BCUT2D eigenvalue weighted by Crippen LogP contribution is -2.12. The Bertz CT molecular complexity index is 518. The maximum Gasteiger partial charge on any atom is 0.306 e. The van der Waals surface area contributed by atoms with E-state index < -0.39 is 0 Å². The number of aryl methyl sites for hydroxylation is 2. The number of benzene rings is 1. The van der Waals surface area contributed by atoms with Gasteiger partial charge in [0.1, 0.15) is 5.75 Å². The molecule has 0 aliphatic carbocycles. The number of phenolic OH excluding ortho intramolecular Hbond substituents is 1. The number of aromatic hydroxyl groups is 1. The Morgan fingerprint density at radius 2 is 1.96 bits per heavy atom. The first-order chi connectivity index (χ1) is 10.8. The molecule has 0 saturated carbocycles. The Balaban J connectivity index is 2.47. The second-order valence-electron chi connectivity index (χ2n) is 6.84. The Morgan fingerprint density at radius 3 is 2.57 bits per heavy atom. The molecule has 0 aromatic heterocycles. The fraction of sp³-hybridized carbons (Fsp3) is 0.632. The Morgan fingerprint density at radius 1 is 1.26 bits per heavy atom. The SMILES string of the molecule is CCOC(=O)CCSCCCc1cc(C)cc(C(C)(C)C)c1O. The fourth-order valence-electron chi connectivity index (χ4n) is 2.47. The largest absolute Gasteiger partial charge is 0.507 e. The van der Waals surface area contributed by atoms with E-state index in [0.717, 1.165) is 35.5 Å². The molecule has 0 unspecified atom stereocenters. The standard InChI is InChI=1S/C19H30O3S/c1-6-22-17(20)9-11-23-10-7-8-15-12-14(2)13-16(18(15)21)19(3,4)5/h12-13,21H,6-11H2,1-5H3. The summed E-state index contributed by atoms with van der Waals surface area (Å²) in [7, 11) is 0. The highest BCUT2D eigenvalue weighted by molar-refractivity contribution is 7.99. The van der Waals surface area contributed by atoms with Crippen molar-refractivity contribution in [3.8, 4) is 5.75 Å². The van der Waals surface area contributed by atoms with Crippen molar-refractivity contribution in [3.63, 3.8) is 0 Å². The highest BCUT2D eigenvalue weighted by atomic mass is 32.2. The van der Waals surface area contributed by atoms with Crippen LogP contribution in [0.25, 0.3) is 0 Å². The third-order valence-corrected chi connectivity index (χ3v) is 4.70. The molecule has 1 aromatic rings. The maximum atomic E-state index is 11.2. The molecule has 0 amide bonds. The molecule has 4 heteroatoms. The Hall–Kier alpha value is -1.16.